The van der Waals surface area contributed by atoms with E-state index in [-0.39, 0.29) is 11.8 Å². The van der Waals surface area contributed by atoms with Gasteiger partial charge in [0.1, 0.15) is 0 Å². The Hall–Kier alpha value is -0.610. The molecular weight excluding hydrogens is 250 g/mol. The van der Waals surface area contributed by atoms with Crippen LogP contribution in [0.4, 0.5) is 0 Å². The molecule has 0 aromatic carbocycles. The fourth-order valence-corrected chi connectivity index (χ4v) is 3.86. The largest absolute Gasteiger partial charge is 0.355 e. The summed E-state index contributed by atoms with van der Waals surface area (Å²) in [4.78, 5) is 14.7. The zero-order chi connectivity index (χ0) is 14.6. The summed E-state index contributed by atoms with van der Waals surface area (Å²) in [7, 11) is 0. The van der Waals surface area contributed by atoms with Crippen molar-refractivity contribution in [2.45, 2.75) is 58.4 Å². The van der Waals surface area contributed by atoms with Crippen molar-refractivity contribution in [1.29, 1.82) is 0 Å². The maximum absolute atomic E-state index is 12.1. The molecular formula is C16H31N3O. The van der Waals surface area contributed by atoms with Crippen LogP contribution < -0.4 is 11.1 Å². The highest BCUT2D eigenvalue weighted by Crippen LogP contribution is 2.38. The first-order chi connectivity index (χ1) is 9.52. The van der Waals surface area contributed by atoms with Crippen molar-refractivity contribution >= 4 is 5.91 Å². The number of nitrogens with zero attached hydrogens (tertiary/aromatic N) is 1. The Morgan fingerprint density at radius 3 is 2.85 bits per heavy atom. The van der Waals surface area contributed by atoms with Crippen LogP contribution in [-0.2, 0) is 4.79 Å². The third kappa shape index (κ3) is 4.19. The van der Waals surface area contributed by atoms with E-state index in [1.54, 1.807) is 0 Å². The molecule has 0 spiro atoms. The fourth-order valence-electron chi connectivity index (χ4n) is 3.86. The van der Waals surface area contributed by atoms with Crippen molar-refractivity contribution in [3.63, 3.8) is 0 Å². The Morgan fingerprint density at radius 1 is 1.35 bits per heavy atom. The molecule has 1 saturated carbocycles. The maximum atomic E-state index is 12.1. The average Bonchev–Trinajstić information content (AvgIpc) is 2.44. The fraction of sp³-hybridized carbons (Fsp3) is 0.938. The van der Waals surface area contributed by atoms with Gasteiger partial charge in [0, 0.05) is 25.7 Å². The van der Waals surface area contributed by atoms with Crippen LogP contribution in [0.15, 0.2) is 0 Å². The third-order valence-electron chi connectivity index (χ3n) is 4.96. The van der Waals surface area contributed by atoms with Gasteiger partial charge in [-0.25, -0.2) is 0 Å². The molecule has 1 amide bonds. The molecule has 1 heterocycles. The van der Waals surface area contributed by atoms with Crippen LogP contribution in [0.1, 0.15) is 52.4 Å². The van der Waals surface area contributed by atoms with Crippen LogP contribution in [-0.4, -0.2) is 43.0 Å². The van der Waals surface area contributed by atoms with Gasteiger partial charge in [0.2, 0.25) is 5.91 Å². The normalized spacial score (nSPS) is 30.9. The quantitative estimate of drug-likeness (QED) is 0.825. The first-order valence-electron chi connectivity index (χ1n) is 8.24. The van der Waals surface area contributed by atoms with Gasteiger partial charge in [0.25, 0.3) is 0 Å². The minimum absolute atomic E-state index is 0.167. The lowest BCUT2D eigenvalue weighted by Gasteiger charge is -2.44. The molecule has 0 radical (unpaired) electrons. The zero-order valence-corrected chi connectivity index (χ0v) is 13.2. The molecule has 116 valence electrons. The van der Waals surface area contributed by atoms with Crippen molar-refractivity contribution in [3.05, 3.63) is 0 Å². The van der Waals surface area contributed by atoms with Gasteiger partial charge in [-0.1, -0.05) is 20.3 Å². The minimum Gasteiger partial charge on any atom is -0.355 e. The highest BCUT2D eigenvalue weighted by atomic mass is 16.1. The number of hydrogen-bond donors (Lipinski definition) is 2. The van der Waals surface area contributed by atoms with E-state index < -0.39 is 0 Å². The van der Waals surface area contributed by atoms with Crippen molar-refractivity contribution < 1.29 is 4.79 Å². The van der Waals surface area contributed by atoms with Crippen LogP contribution in [0.5, 0.6) is 0 Å². The van der Waals surface area contributed by atoms with Crippen molar-refractivity contribution in [3.8, 4) is 0 Å². The molecule has 0 aromatic heterocycles. The van der Waals surface area contributed by atoms with E-state index >= 15 is 0 Å². The van der Waals surface area contributed by atoms with Crippen LogP contribution in [0, 0.1) is 11.3 Å². The van der Waals surface area contributed by atoms with Crippen LogP contribution in [0.3, 0.4) is 0 Å². The molecule has 3 N–H and O–H groups in total. The molecule has 2 rings (SSSR count). The zero-order valence-electron chi connectivity index (χ0n) is 13.2. The second-order valence-electron chi connectivity index (χ2n) is 7.33. The third-order valence-corrected chi connectivity index (χ3v) is 4.96. The van der Waals surface area contributed by atoms with E-state index in [0.29, 0.717) is 24.5 Å². The number of carbonyl (C=O) groups is 1. The van der Waals surface area contributed by atoms with Gasteiger partial charge in [-0.2, -0.15) is 0 Å². The summed E-state index contributed by atoms with van der Waals surface area (Å²) in [5.41, 5.74) is 5.93. The molecule has 4 nitrogen and oxygen atoms in total. The van der Waals surface area contributed by atoms with Crippen molar-refractivity contribution in [1.82, 2.24) is 10.2 Å². The first kappa shape index (κ1) is 15.8. The molecule has 2 aliphatic rings. The van der Waals surface area contributed by atoms with E-state index in [1.165, 1.54) is 32.2 Å². The summed E-state index contributed by atoms with van der Waals surface area (Å²) in [5, 5.41) is 2.95. The van der Waals surface area contributed by atoms with Crippen LogP contribution in [0.2, 0.25) is 0 Å². The number of hydrogen-bond acceptors (Lipinski definition) is 3. The van der Waals surface area contributed by atoms with E-state index in [1.807, 2.05) is 0 Å². The Balaban J connectivity index is 1.88. The minimum atomic E-state index is 0.167. The van der Waals surface area contributed by atoms with E-state index in [9.17, 15) is 4.79 Å². The Bertz CT molecular complexity index is 330. The van der Waals surface area contributed by atoms with Crippen LogP contribution >= 0.6 is 0 Å². The van der Waals surface area contributed by atoms with E-state index in [2.05, 4.69) is 24.1 Å². The number of amides is 1. The lowest BCUT2D eigenvalue weighted by molar-refractivity contribution is -0.127. The van der Waals surface area contributed by atoms with Crippen LogP contribution in [0.25, 0.3) is 0 Å². The van der Waals surface area contributed by atoms with Gasteiger partial charge in [-0.3, -0.25) is 9.69 Å². The van der Waals surface area contributed by atoms with Crippen molar-refractivity contribution in [2.24, 2.45) is 17.1 Å². The van der Waals surface area contributed by atoms with E-state index in [4.69, 9.17) is 5.73 Å². The second-order valence-corrected chi connectivity index (χ2v) is 7.33. The summed E-state index contributed by atoms with van der Waals surface area (Å²) in [6.07, 6.45) is 7.45. The average molecular weight is 281 g/mol. The van der Waals surface area contributed by atoms with Gasteiger partial charge < -0.3 is 11.1 Å². The Kier molecular flexibility index (Phi) is 5.44. The van der Waals surface area contributed by atoms with E-state index in [0.717, 1.165) is 19.4 Å². The molecule has 2 fully saturated rings. The number of rotatable bonds is 4. The monoisotopic (exact) mass is 281 g/mol. The highest BCUT2D eigenvalue weighted by molar-refractivity contribution is 5.78. The molecule has 0 aromatic rings. The lowest BCUT2D eigenvalue weighted by atomic mass is 9.74. The predicted molar refractivity (Wildman–Crippen MR) is 82.4 cm³/mol. The molecule has 1 saturated heterocycles. The van der Waals surface area contributed by atoms with Gasteiger partial charge in [0.15, 0.2) is 0 Å². The molecule has 4 heteroatoms. The molecule has 1 aliphatic carbocycles. The SMILES string of the molecule is CC1(C)CCCC(N2CCCC(C(=O)NCCN)C2)C1. The number of nitrogens with two attached hydrogens (primary N) is 1. The number of likely N-dealkylation sites (tertiary alicyclic amines) is 1. The Morgan fingerprint density at radius 2 is 2.15 bits per heavy atom. The van der Waals surface area contributed by atoms with Gasteiger partial charge in [0.05, 0.1) is 5.92 Å². The van der Waals surface area contributed by atoms with Crippen molar-refractivity contribution in [2.75, 3.05) is 26.2 Å². The summed E-state index contributed by atoms with van der Waals surface area (Å²) >= 11 is 0. The molecule has 20 heavy (non-hydrogen) atoms. The van der Waals surface area contributed by atoms with Gasteiger partial charge >= 0.3 is 0 Å². The summed E-state index contributed by atoms with van der Waals surface area (Å²) in [6, 6.07) is 0.684. The predicted octanol–water partition coefficient (Wildman–Crippen LogP) is 1.74. The summed E-state index contributed by atoms with van der Waals surface area (Å²) < 4.78 is 0. The van der Waals surface area contributed by atoms with Gasteiger partial charge in [-0.05, 0) is 44.1 Å². The smallest absolute Gasteiger partial charge is 0.224 e. The summed E-state index contributed by atoms with van der Waals surface area (Å²) in [6.45, 7) is 8.01. The standard InChI is InChI=1S/C16H31N3O/c1-16(2)7-3-6-14(11-16)19-10-4-5-13(12-19)15(20)18-9-8-17/h13-14H,3-12,17H2,1-2H3,(H,18,20). The number of piperidine rings is 1. The first-order valence-corrected chi connectivity index (χ1v) is 8.24. The molecule has 1 aliphatic heterocycles. The second kappa shape index (κ2) is 6.90. The molecule has 0 bridgehead atoms. The summed E-state index contributed by atoms with van der Waals surface area (Å²) in [5.74, 6) is 0.371. The topological polar surface area (TPSA) is 58.4 Å². The molecule has 2 atom stereocenters. The lowest BCUT2D eigenvalue weighted by Crippen LogP contribution is -2.49. The van der Waals surface area contributed by atoms with Gasteiger partial charge in [-0.15, -0.1) is 0 Å². The number of nitrogens with one attached hydrogen (secondary N) is 1. The number of carbonyl (C=O) groups excluding carboxylic acids is 1. The molecule has 2 unspecified atom stereocenters. The highest BCUT2D eigenvalue weighted by Gasteiger charge is 2.34. The maximum Gasteiger partial charge on any atom is 0.224 e. The Labute approximate surface area is 123 Å².